The van der Waals surface area contributed by atoms with Crippen LogP contribution in [0.5, 0.6) is 11.5 Å². The maximum atomic E-state index is 9.39. The van der Waals surface area contributed by atoms with Gasteiger partial charge >= 0.3 is 0 Å². The van der Waals surface area contributed by atoms with E-state index in [4.69, 9.17) is 9.47 Å². The van der Waals surface area contributed by atoms with Crippen LogP contribution in [0.3, 0.4) is 0 Å². The first-order valence-electron chi connectivity index (χ1n) is 6.92. The molecule has 0 aliphatic carbocycles. The fourth-order valence-corrected chi connectivity index (χ4v) is 2.57. The summed E-state index contributed by atoms with van der Waals surface area (Å²) in [5.41, 5.74) is 1.06. The molecular weight excluding hydrogens is 252 g/mol. The van der Waals surface area contributed by atoms with Gasteiger partial charge in [-0.15, -0.1) is 0 Å². The van der Waals surface area contributed by atoms with Gasteiger partial charge in [0.1, 0.15) is 11.5 Å². The topological polar surface area (TPSA) is 38.7 Å². The summed E-state index contributed by atoms with van der Waals surface area (Å²) in [6.07, 6.45) is 0.879. The van der Waals surface area contributed by atoms with Gasteiger partial charge in [-0.3, -0.25) is 0 Å². The Labute approximate surface area is 118 Å². The summed E-state index contributed by atoms with van der Waals surface area (Å²) in [5.74, 6) is 1.79. The minimum atomic E-state index is -0.0284. The zero-order valence-electron chi connectivity index (χ0n) is 11.2. The number of benzene rings is 2. The van der Waals surface area contributed by atoms with Crippen molar-refractivity contribution in [3.8, 4) is 11.5 Å². The van der Waals surface area contributed by atoms with E-state index in [0.29, 0.717) is 6.61 Å². The number of rotatable bonds is 4. The highest BCUT2D eigenvalue weighted by Crippen LogP contribution is 2.36. The van der Waals surface area contributed by atoms with Gasteiger partial charge in [-0.05, 0) is 36.2 Å². The quantitative estimate of drug-likeness (QED) is 0.923. The van der Waals surface area contributed by atoms with Crippen LogP contribution in [0.15, 0.2) is 54.6 Å². The van der Waals surface area contributed by atoms with Crippen LogP contribution in [-0.2, 0) is 4.74 Å². The Morgan fingerprint density at radius 1 is 1.05 bits per heavy atom. The molecule has 0 spiro atoms. The molecular formula is C17H18O3. The third-order valence-electron chi connectivity index (χ3n) is 3.61. The molecule has 0 aromatic heterocycles. The van der Waals surface area contributed by atoms with Crippen molar-refractivity contribution >= 4 is 0 Å². The summed E-state index contributed by atoms with van der Waals surface area (Å²) in [7, 11) is 0. The highest BCUT2D eigenvalue weighted by atomic mass is 16.5. The van der Waals surface area contributed by atoms with Gasteiger partial charge in [0, 0.05) is 19.1 Å². The summed E-state index contributed by atoms with van der Waals surface area (Å²) in [6.45, 7) is 0.869. The molecule has 0 radical (unpaired) electrons. The Kier molecular flexibility index (Phi) is 4.00. The summed E-state index contributed by atoms with van der Waals surface area (Å²) in [4.78, 5) is 0. The van der Waals surface area contributed by atoms with Gasteiger partial charge in [-0.1, -0.05) is 30.3 Å². The first kappa shape index (κ1) is 13.2. The van der Waals surface area contributed by atoms with Crippen LogP contribution in [0.4, 0.5) is 0 Å². The second-order valence-corrected chi connectivity index (χ2v) is 5.01. The fourth-order valence-electron chi connectivity index (χ4n) is 2.57. The van der Waals surface area contributed by atoms with Gasteiger partial charge in [0.05, 0.1) is 6.10 Å². The lowest BCUT2D eigenvalue weighted by molar-refractivity contribution is 0.0719. The van der Waals surface area contributed by atoms with E-state index in [1.807, 2.05) is 54.6 Å². The molecule has 1 saturated heterocycles. The SMILES string of the molecule is OCC1CCOC1c1cccc(Oc2ccccc2)c1. The van der Waals surface area contributed by atoms with E-state index < -0.39 is 0 Å². The summed E-state index contributed by atoms with van der Waals surface area (Å²) in [6, 6.07) is 17.6. The molecule has 2 unspecified atom stereocenters. The van der Waals surface area contributed by atoms with E-state index in [0.717, 1.165) is 23.5 Å². The molecule has 20 heavy (non-hydrogen) atoms. The largest absolute Gasteiger partial charge is 0.457 e. The second-order valence-electron chi connectivity index (χ2n) is 5.01. The highest BCUT2D eigenvalue weighted by molar-refractivity contribution is 5.35. The second kappa shape index (κ2) is 6.07. The zero-order valence-corrected chi connectivity index (χ0v) is 11.2. The van der Waals surface area contributed by atoms with Gasteiger partial charge in [-0.25, -0.2) is 0 Å². The third-order valence-corrected chi connectivity index (χ3v) is 3.61. The van der Waals surface area contributed by atoms with Crippen molar-refractivity contribution in [2.45, 2.75) is 12.5 Å². The Hall–Kier alpha value is -1.84. The highest BCUT2D eigenvalue weighted by Gasteiger charge is 2.29. The zero-order chi connectivity index (χ0) is 13.8. The molecule has 3 rings (SSSR count). The number of hydrogen-bond acceptors (Lipinski definition) is 3. The minimum Gasteiger partial charge on any atom is -0.457 e. The lowest BCUT2D eigenvalue weighted by Crippen LogP contribution is -2.11. The van der Waals surface area contributed by atoms with Crippen LogP contribution in [0.1, 0.15) is 18.1 Å². The number of aliphatic hydroxyl groups is 1. The maximum Gasteiger partial charge on any atom is 0.127 e. The lowest BCUT2D eigenvalue weighted by Gasteiger charge is -2.17. The molecule has 3 heteroatoms. The Morgan fingerprint density at radius 3 is 2.65 bits per heavy atom. The first-order chi connectivity index (χ1) is 9.86. The van der Waals surface area contributed by atoms with Crippen molar-refractivity contribution in [1.29, 1.82) is 0 Å². The predicted octanol–water partition coefficient (Wildman–Crippen LogP) is 3.55. The van der Waals surface area contributed by atoms with Crippen LogP contribution >= 0.6 is 0 Å². The fraction of sp³-hybridized carbons (Fsp3) is 0.294. The van der Waals surface area contributed by atoms with E-state index in [1.54, 1.807) is 0 Å². The van der Waals surface area contributed by atoms with Crippen LogP contribution in [0.2, 0.25) is 0 Å². The van der Waals surface area contributed by atoms with Gasteiger partial charge in [0.15, 0.2) is 0 Å². The standard InChI is InChI=1S/C17H18O3/c18-12-14-9-10-19-17(14)13-5-4-8-16(11-13)20-15-6-2-1-3-7-15/h1-8,11,14,17-18H,9-10,12H2. The maximum absolute atomic E-state index is 9.39. The molecule has 2 aromatic carbocycles. The van der Waals surface area contributed by atoms with E-state index in [2.05, 4.69) is 0 Å². The average Bonchev–Trinajstić information content (AvgIpc) is 2.97. The van der Waals surface area contributed by atoms with Gasteiger partial charge in [-0.2, -0.15) is 0 Å². The average molecular weight is 270 g/mol. The van der Waals surface area contributed by atoms with Crippen LogP contribution in [-0.4, -0.2) is 18.3 Å². The van der Waals surface area contributed by atoms with Crippen molar-refractivity contribution in [2.75, 3.05) is 13.2 Å². The number of para-hydroxylation sites is 1. The van der Waals surface area contributed by atoms with E-state index in [9.17, 15) is 5.11 Å². The van der Waals surface area contributed by atoms with Gasteiger partial charge in [0.2, 0.25) is 0 Å². The van der Waals surface area contributed by atoms with Crippen molar-refractivity contribution < 1.29 is 14.6 Å². The van der Waals surface area contributed by atoms with Gasteiger partial charge < -0.3 is 14.6 Å². The molecule has 0 amide bonds. The summed E-state index contributed by atoms with van der Waals surface area (Å²) >= 11 is 0. The molecule has 2 atom stereocenters. The van der Waals surface area contributed by atoms with Crippen molar-refractivity contribution in [3.05, 3.63) is 60.2 Å². The molecule has 3 nitrogen and oxygen atoms in total. The Morgan fingerprint density at radius 2 is 1.85 bits per heavy atom. The minimum absolute atomic E-state index is 0.0284. The van der Waals surface area contributed by atoms with E-state index in [-0.39, 0.29) is 18.6 Å². The summed E-state index contributed by atoms with van der Waals surface area (Å²) in [5, 5.41) is 9.39. The smallest absolute Gasteiger partial charge is 0.127 e. The van der Waals surface area contributed by atoms with Crippen LogP contribution in [0, 0.1) is 5.92 Å². The first-order valence-corrected chi connectivity index (χ1v) is 6.92. The predicted molar refractivity (Wildman–Crippen MR) is 76.8 cm³/mol. The van der Waals surface area contributed by atoms with E-state index >= 15 is 0 Å². The normalized spacial score (nSPS) is 21.9. The number of hydrogen-bond donors (Lipinski definition) is 1. The summed E-state index contributed by atoms with van der Waals surface area (Å²) < 4.78 is 11.6. The Balaban J connectivity index is 1.79. The monoisotopic (exact) mass is 270 g/mol. The van der Waals surface area contributed by atoms with E-state index in [1.165, 1.54) is 0 Å². The van der Waals surface area contributed by atoms with Crippen LogP contribution in [0.25, 0.3) is 0 Å². The van der Waals surface area contributed by atoms with Crippen LogP contribution < -0.4 is 4.74 Å². The molecule has 0 saturated carbocycles. The number of aliphatic hydroxyl groups excluding tert-OH is 1. The number of ether oxygens (including phenoxy) is 2. The molecule has 1 N–H and O–H groups in total. The molecule has 1 fully saturated rings. The Bertz CT molecular complexity index is 553. The molecule has 104 valence electrons. The molecule has 1 aliphatic heterocycles. The van der Waals surface area contributed by atoms with Crippen molar-refractivity contribution in [1.82, 2.24) is 0 Å². The molecule has 2 aromatic rings. The van der Waals surface area contributed by atoms with Crippen molar-refractivity contribution in [3.63, 3.8) is 0 Å². The van der Waals surface area contributed by atoms with Crippen molar-refractivity contribution in [2.24, 2.45) is 5.92 Å². The molecule has 1 heterocycles. The molecule has 1 aliphatic rings. The van der Waals surface area contributed by atoms with Gasteiger partial charge in [0.25, 0.3) is 0 Å². The molecule has 0 bridgehead atoms. The third kappa shape index (κ3) is 2.84. The lowest BCUT2D eigenvalue weighted by atomic mass is 9.96.